The number of nitrogens with zero attached hydrogens (tertiary/aromatic N) is 4. The molecule has 2 aromatic heterocycles. The van der Waals surface area contributed by atoms with E-state index in [1.54, 1.807) is 30.5 Å². The summed E-state index contributed by atoms with van der Waals surface area (Å²) in [6.45, 7) is 5.44. The Morgan fingerprint density at radius 3 is 2.72 bits per heavy atom. The summed E-state index contributed by atoms with van der Waals surface area (Å²) in [5.41, 5.74) is 2.33. The molecule has 1 aliphatic heterocycles. The number of ether oxygens (including phenoxy) is 1. The first-order valence-electron chi connectivity index (χ1n) is 10.7. The van der Waals surface area contributed by atoms with Gasteiger partial charge in [0.05, 0.1) is 13.2 Å². The van der Waals surface area contributed by atoms with E-state index < -0.39 is 5.82 Å². The van der Waals surface area contributed by atoms with Crippen molar-refractivity contribution in [3.8, 4) is 5.69 Å². The minimum atomic E-state index is -0.397. The highest BCUT2D eigenvalue weighted by Gasteiger charge is 2.14. The zero-order valence-corrected chi connectivity index (χ0v) is 17.6. The minimum Gasteiger partial charge on any atom is -0.379 e. The second-order valence-electron chi connectivity index (χ2n) is 7.79. The Balaban J connectivity index is 1.26. The van der Waals surface area contributed by atoms with Gasteiger partial charge in [0.25, 0.3) is 5.91 Å². The molecule has 0 unspecified atom stereocenters. The van der Waals surface area contributed by atoms with Gasteiger partial charge in [-0.3, -0.25) is 9.69 Å². The van der Waals surface area contributed by atoms with Crippen molar-refractivity contribution in [1.82, 2.24) is 19.2 Å². The summed E-state index contributed by atoms with van der Waals surface area (Å²) < 4.78 is 23.0. The number of nitrogens with one attached hydrogen (secondary N) is 1. The Labute approximate surface area is 185 Å². The van der Waals surface area contributed by atoms with Gasteiger partial charge in [-0.2, -0.15) is 5.10 Å². The van der Waals surface area contributed by atoms with Gasteiger partial charge in [0, 0.05) is 55.2 Å². The molecule has 32 heavy (non-hydrogen) atoms. The van der Waals surface area contributed by atoms with Crippen molar-refractivity contribution in [2.45, 2.75) is 6.54 Å². The van der Waals surface area contributed by atoms with Gasteiger partial charge in [0.2, 0.25) is 0 Å². The molecule has 8 heteroatoms. The van der Waals surface area contributed by atoms with Crippen LogP contribution >= 0.6 is 0 Å². The van der Waals surface area contributed by atoms with E-state index in [1.165, 1.54) is 10.7 Å². The first-order valence-corrected chi connectivity index (χ1v) is 10.7. The van der Waals surface area contributed by atoms with Crippen LogP contribution in [-0.4, -0.2) is 58.0 Å². The fourth-order valence-electron chi connectivity index (χ4n) is 3.96. The molecular formula is C24H24FN5O2. The topological polar surface area (TPSA) is 64.3 Å². The van der Waals surface area contributed by atoms with Crippen molar-refractivity contribution in [2.75, 3.05) is 38.2 Å². The van der Waals surface area contributed by atoms with Crippen molar-refractivity contribution in [3.05, 3.63) is 78.5 Å². The number of para-hydroxylation sites is 1. The summed E-state index contributed by atoms with van der Waals surface area (Å²) in [6, 6.07) is 15.8. The monoisotopic (exact) mass is 433 g/mol. The Kier molecular flexibility index (Phi) is 5.70. The highest BCUT2D eigenvalue weighted by Crippen LogP contribution is 2.21. The number of carbonyl (C=O) groups excluding carboxylic acids is 1. The summed E-state index contributed by atoms with van der Waals surface area (Å²) in [4.78, 5) is 15.1. The van der Waals surface area contributed by atoms with Crippen molar-refractivity contribution >= 4 is 22.5 Å². The minimum absolute atomic E-state index is 0.219. The predicted molar refractivity (Wildman–Crippen MR) is 121 cm³/mol. The van der Waals surface area contributed by atoms with Crippen LogP contribution < -0.4 is 5.32 Å². The maximum Gasteiger partial charge on any atom is 0.276 e. The summed E-state index contributed by atoms with van der Waals surface area (Å²) >= 11 is 0. The molecule has 1 N–H and O–H groups in total. The number of fused-ring (bicyclic) bond motifs is 1. The Bertz CT molecular complexity index is 1240. The number of amides is 1. The van der Waals surface area contributed by atoms with E-state index in [9.17, 15) is 9.18 Å². The Morgan fingerprint density at radius 2 is 1.88 bits per heavy atom. The van der Waals surface area contributed by atoms with E-state index >= 15 is 0 Å². The second-order valence-corrected chi connectivity index (χ2v) is 7.79. The molecule has 3 heterocycles. The van der Waals surface area contributed by atoms with Gasteiger partial charge >= 0.3 is 0 Å². The molecular weight excluding hydrogens is 409 g/mol. The molecule has 4 aromatic rings. The third-order valence-electron chi connectivity index (χ3n) is 5.71. The van der Waals surface area contributed by atoms with Crippen LogP contribution in [0.5, 0.6) is 0 Å². The van der Waals surface area contributed by atoms with Gasteiger partial charge in [-0.1, -0.05) is 12.1 Å². The van der Waals surface area contributed by atoms with Crippen LogP contribution in [0.2, 0.25) is 0 Å². The van der Waals surface area contributed by atoms with Crippen molar-refractivity contribution in [2.24, 2.45) is 0 Å². The molecule has 0 bridgehead atoms. The van der Waals surface area contributed by atoms with E-state index in [0.29, 0.717) is 11.4 Å². The fraction of sp³-hybridized carbons (Fsp3) is 0.250. The van der Waals surface area contributed by atoms with Gasteiger partial charge in [0.1, 0.15) is 11.5 Å². The lowest BCUT2D eigenvalue weighted by molar-refractivity contribution is 0.0365. The molecule has 0 atom stereocenters. The molecule has 164 valence electrons. The Morgan fingerprint density at radius 1 is 1.03 bits per heavy atom. The average molecular weight is 433 g/mol. The van der Waals surface area contributed by atoms with Crippen molar-refractivity contribution in [1.29, 1.82) is 0 Å². The highest BCUT2D eigenvalue weighted by atomic mass is 19.1. The van der Waals surface area contributed by atoms with Gasteiger partial charge in [-0.15, -0.1) is 0 Å². The molecule has 0 saturated carbocycles. The molecule has 0 spiro atoms. The molecule has 7 nitrogen and oxygen atoms in total. The fourth-order valence-corrected chi connectivity index (χ4v) is 3.96. The van der Waals surface area contributed by atoms with E-state index in [1.807, 2.05) is 18.2 Å². The number of aromatic nitrogens is 3. The molecule has 5 rings (SSSR count). The predicted octanol–water partition coefficient (Wildman–Crippen LogP) is 3.55. The van der Waals surface area contributed by atoms with Gasteiger partial charge in [-0.25, -0.2) is 9.07 Å². The lowest BCUT2D eigenvalue weighted by Crippen LogP contribution is -2.38. The quantitative estimate of drug-likeness (QED) is 0.505. The maximum absolute atomic E-state index is 14.0. The normalized spacial score (nSPS) is 14.7. The maximum atomic E-state index is 14.0. The SMILES string of the molecule is O=C(Nc1ccc2c(ccn2CCN2CCOCC2)c1)c1ccn(-c2ccccc2F)n1. The third kappa shape index (κ3) is 4.28. The summed E-state index contributed by atoms with van der Waals surface area (Å²) in [7, 11) is 0. The van der Waals surface area contributed by atoms with E-state index in [4.69, 9.17) is 4.74 Å². The zero-order chi connectivity index (χ0) is 21.9. The lowest BCUT2D eigenvalue weighted by atomic mass is 10.2. The number of halogens is 1. The molecule has 0 radical (unpaired) electrons. The number of carbonyl (C=O) groups is 1. The lowest BCUT2D eigenvalue weighted by Gasteiger charge is -2.26. The molecule has 0 aliphatic carbocycles. The summed E-state index contributed by atoms with van der Waals surface area (Å²) in [6.07, 6.45) is 3.65. The number of anilines is 1. The van der Waals surface area contributed by atoms with Crippen LogP contribution in [0, 0.1) is 5.82 Å². The smallest absolute Gasteiger partial charge is 0.276 e. The summed E-state index contributed by atoms with van der Waals surface area (Å²) in [5, 5.41) is 8.16. The molecule has 1 aliphatic rings. The molecule has 1 saturated heterocycles. The van der Waals surface area contributed by atoms with E-state index in [0.717, 1.165) is 50.3 Å². The van der Waals surface area contributed by atoms with Gasteiger partial charge < -0.3 is 14.6 Å². The van der Waals surface area contributed by atoms with Crippen LogP contribution in [-0.2, 0) is 11.3 Å². The van der Waals surface area contributed by atoms with Crippen LogP contribution in [0.3, 0.4) is 0 Å². The van der Waals surface area contributed by atoms with Crippen LogP contribution in [0.15, 0.2) is 67.0 Å². The number of morpholine rings is 1. The molecule has 1 fully saturated rings. The van der Waals surface area contributed by atoms with Gasteiger partial charge in [0.15, 0.2) is 5.69 Å². The van der Waals surface area contributed by atoms with E-state index in [-0.39, 0.29) is 11.6 Å². The molecule has 2 aromatic carbocycles. The third-order valence-corrected chi connectivity index (χ3v) is 5.71. The number of rotatable bonds is 6. The number of hydrogen-bond acceptors (Lipinski definition) is 4. The van der Waals surface area contributed by atoms with Crippen molar-refractivity contribution < 1.29 is 13.9 Å². The van der Waals surface area contributed by atoms with E-state index in [2.05, 4.69) is 32.1 Å². The number of hydrogen-bond donors (Lipinski definition) is 1. The van der Waals surface area contributed by atoms with Crippen LogP contribution in [0.1, 0.15) is 10.5 Å². The molecule has 1 amide bonds. The highest BCUT2D eigenvalue weighted by molar-refractivity contribution is 6.03. The van der Waals surface area contributed by atoms with Crippen LogP contribution in [0.4, 0.5) is 10.1 Å². The van der Waals surface area contributed by atoms with Crippen molar-refractivity contribution in [3.63, 3.8) is 0 Å². The standard InChI is InChI=1S/C24H24FN5O2/c25-20-3-1-2-4-23(20)30-10-8-21(27-30)24(31)26-19-5-6-22-18(17-19)7-9-29(22)12-11-28-13-15-32-16-14-28/h1-10,17H,11-16H2,(H,26,31). The second kappa shape index (κ2) is 8.94. The number of benzene rings is 2. The zero-order valence-electron chi connectivity index (χ0n) is 17.6. The van der Waals surface area contributed by atoms with Gasteiger partial charge in [-0.05, 0) is 42.5 Å². The first-order chi connectivity index (χ1) is 15.7. The first kappa shape index (κ1) is 20.4. The largest absolute Gasteiger partial charge is 0.379 e. The summed E-state index contributed by atoms with van der Waals surface area (Å²) in [5.74, 6) is -0.739. The Hall–Kier alpha value is -3.49. The van der Waals surface area contributed by atoms with Crippen LogP contribution in [0.25, 0.3) is 16.6 Å². The average Bonchev–Trinajstić information content (AvgIpc) is 3.46.